The second-order valence-corrected chi connectivity index (χ2v) is 8.15. The Hall–Kier alpha value is -4.25. The molecule has 0 atom stereocenters. The lowest BCUT2D eigenvalue weighted by Gasteiger charge is -2.10. The van der Waals surface area contributed by atoms with Gasteiger partial charge in [0.1, 0.15) is 5.58 Å². The van der Waals surface area contributed by atoms with Crippen molar-refractivity contribution in [2.45, 2.75) is 4.90 Å². The van der Waals surface area contributed by atoms with E-state index in [0.29, 0.717) is 11.1 Å². The molecule has 0 spiro atoms. The maximum absolute atomic E-state index is 12.6. The minimum Gasteiger partial charge on any atom is -0.478 e. The molecule has 11 heteroatoms. The molecule has 10 nitrogen and oxygen atoms in total. The standard InChI is InChI=1S/C21H16N4O6S/c1-30-21-19(22-10-11-23-21)25-32(28,29)14-8-6-13(7-9-14)24-20(27)18-12-16(26)15-4-2-3-5-17(15)31-18/h2-12H,1H3,(H,22,25)(H,24,27). The van der Waals surface area contributed by atoms with Crippen LogP contribution in [0.5, 0.6) is 5.88 Å². The summed E-state index contributed by atoms with van der Waals surface area (Å²) in [5, 5.41) is 2.93. The van der Waals surface area contributed by atoms with Gasteiger partial charge in [-0.1, -0.05) is 12.1 Å². The van der Waals surface area contributed by atoms with Gasteiger partial charge in [-0.2, -0.15) is 0 Å². The smallest absolute Gasteiger partial charge is 0.291 e. The SMILES string of the molecule is COc1nccnc1NS(=O)(=O)c1ccc(NC(=O)c2cc(=O)c3ccccc3o2)cc1. The summed E-state index contributed by atoms with van der Waals surface area (Å²) in [4.78, 5) is 32.4. The fourth-order valence-electron chi connectivity index (χ4n) is 2.86. The van der Waals surface area contributed by atoms with Crippen molar-refractivity contribution in [2.24, 2.45) is 0 Å². The Morgan fingerprint density at radius 1 is 1.03 bits per heavy atom. The predicted octanol–water partition coefficient (Wildman–Crippen LogP) is 2.64. The molecule has 2 heterocycles. The Balaban J connectivity index is 1.52. The Morgan fingerprint density at radius 2 is 1.75 bits per heavy atom. The maximum Gasteiger partial charge on any atom is 0.291 e. The van der Waals surface area contributed by atoms with E-state index in [2.05, 4.69) is 20.0 Å². The Bertz CT molecular complexity index is 1470. The molecule has 0 bridgehead atoms. The average Bonchev–Trinajstić information content (AvgIpc) is 2.79. The van der Waals surface area contributed by atoms with E-state index in [9.17, 15) is 18.0 Å². The summed E-state index contributed by atoms with van der Waals surface area (Å²) in [6.45, 7) is 0. The number of nitrogens with zero attached hydrogens (tertiary/aromatic N) is 2. The van der Waals surface area contributed by atoms with E-state index in [1.165, 1.54) is 43.8 Å². The van der Waals surface area contributed by atoms with Gasteiger partial charge in [-0.3, -0.25) is 14.3 Å². The third-order valence-electron chi connectivity index (χ3n) is 4.37. The van der Waals surface area contributed by atoms with Gasteiger partial charge in [0.25, 0.3) is 21.8 Å². The van der Waals surface area contributed by atoms with Crippen LogP contribution in [0.2, 0.25) is 0 Å². The molecule has 0 unspecified atom stereocenters. The highest BCUT2D eigenvalue weighted by Crippen LogP contribution is 2.22. The summed E-state index contributed by atoms with van der Waals surface area (Å²) in [6, 6.07) is 13.1. The number of hydrogen-bond donors (Lipinski definition) is 2. The number of fused-ring (bicyclic) bond motifs is 1. The summed E-state index contributed by atoms with van der Waals surface area (Å²) >= 11 is 0. The van der Waals surface area contributed by atoms with Gasteiger partial charge in [0.2, 0.25) is 5.82 Å². The van der Waals surface area contributed by atoms with Crippen molar-refractivity contribution in [1.82, 2.24) is 9.97 Å². The largest absolute Gasteiger partial charge is 0.478 e. The van der Waals surface area contributed by atoms with E-state index >= 15 is 0 Å². The highest BCUT2D eigenvalue weighted by Gasteiger charge is 2.19. The molecular weight excluding hydrogens is 436 g/mol. The van der Waals surface area contributed by atoms with Crippen LogP contribution in [0, 0.1) is 0 Å². The zero-order chi connectivity index (χ0) is 22.7. The monoisotopic (exact) mass is 452 g/mol. The summed E-state index contributed by atoms with van der Waals surface area (Å²) in [7, 11) is -2.63. The van der Waals surface area contributed by atoms with Crippen molar-refractivity contribution in [3.63, 3.8) is 0 Å². The molecule has 2 aromatic heterocycles. The predicted molar refractivity (Wildman–Crippen MR) is 116 cm³/mol. The molecule has 1 amide bonds. The quantitative estimate of drug-likeness (QED) is 0.455. The van der Waals surface area contributed by atoms with Crippen LogP contribution in [0.1, 0.15) is 10.6 Å². The minimum absolute atomic E-state index is 0.0248. The molecule has 0 radical (unpaired) electrons. The number of rotatable bonds is 6. The van der Waals surface area contributed by atoms with Gasteiger partial charge in [0.15, 0.2) is 11.2 Å². The van der Waals surface area contributed by atoms with E-state index in [1.807, 2.05) is 0 Å². The van der Waals surface area contributed by atoms with Crippen molar-refractivity contribution < 1.29 is 22.4 Å². The number of anilines is 2. The van der Waals surface area contributed by atoms with Crippen LogP contribution in [-0.2, 0) is 10.0 Å². The molecule has 0 aliphatic heterocycles. The van der Waals surface area contributed by atoms with Crippen molar-refractivity contribution in [3.05, 3.63) is 83.0 Å². The zero-order valence-corrected chi connectivity index (χ0v) is 17.4. The molecule has 0 aliphatic rings. The highest BCUT2D eigenvalue weighted by molar-refractivity contribution is 7.92. The molecule has 162 valence electrons. The first-order chi connectivity index (χ1) is 15.4. The first-order valence-electron chi connectivity index (χ1n) is 9.19. The average molecular weight is 452 g/mol. The Labute approximate surface area is 181 Å². The Kier molecular flexibility index (Phi) is 5.56. The van der Waals surface area contributed by atoms with Gasteiger partial charge in [0.05, 0.1) is 17.4 Å². The van der Waals surface area contributed by atoms with Crippen LogP contribution >= 0.6 is 0 Å². The van der Waals surface area contributed by atoms with Crippen molar-refractivity contribution in [3.8, 4) is 5.88 Å². The molecule has 0 saturated heterocycles. The summed E-state index contributed by atoms with van der Waals surface area (Å²) in [5.41, 5.74) is 0.253. The number of sulfonamides is 1. The van der Waals surface area contributed by atoms with Crippen LogP contribution in [0.25, 0.3) is 11.0 Å². The van der Waals surface area contributed by atoms with Crippen LogP contribution in [0.4, 0.5) is 11.5 Å². The van der Waals surface area contributed by atoms with E-state index in [-0.39, 0.29) is 33.4 Å². The van der Waals surface area contributed by atoms with Crippen molar-refractivity contribution in [2.75, 3.05) is 17.1 Å². The minimum atomic E-state index is -3.98. The number of carbonyl (C=O) groups excluding carboxylic acids is 1. The van der Waals surface area contributed by atoms with Crippen LogP contribution in [-0.4, -0.2) is 31.4 Å². The van der Waals surface area contributed by atoms with Gasteiger partial charge in [-0.25, -0.2) is 18.4 Å². The van der Waals surface area contributed by atoms with Gasteiger partial charge in [0, 0.05) is 24.1 Å². The number of carbonyl (C=O) groups is 1. The summed E-state index contributed by atoms with van der Waals surface area (Å²) in [5.74, 6) is -0.844. The fourth-order valence-corrected chi connectivity index (χ4v) is 3.86. The molecule has 2 aromatic carbocycles. The van der Waals surface area contributed by atoms with E-state index in [1.54, 1.807) is 24.3 Å². The molecular formula is C21H16N4O6S. The second kappa shape index (κ2) is 8.47. The van der Waals surface area contributed by atoms with Gasteiger partial charge in [-0.05, 0) is 36.4 Å². The van der Waals surface area contributed by atoms with E-state index in [4.69, 9.17) is 9.15 Å². The van der Waals surface area contributed by atoms with Crippen LogP contribution in [0.3, 0.4) is 0 Å². The number of ether oxygens (including phenoxy) is 1. The number of methoxy groups -OCH3 is 1. The van der Waals surface area contributed by atoms with Crippen molar-refractivity contribution >= 4 is 38.4 Å². The zero-order valence-electron chi connectivity index (χ0n) is 16.6. The van der Waals surface area contributed by atoms with Gasteiger partial charge >= 0.3 is 0 Å². The van der Waals surface area contributed by atoms with E-state index in [0.717, 1.165) is 6.07 Å². The lowest BCUT2D eigenvalue weighted by atomic mass is 10.2. The number of benzene rings is 2. The topological polar surface area (TPSA) is 140 Å². The first kappa shape index (κ1) is 21.0. The van der Waals surface area contributed by atoms with Gasteiger partial charge in [-0.15, -0.1) is 0 Å². The lowest BCUT2D eigenvalue weighted by molar-refractivity contribution is 0.0997. The maximum atomic E-state index is 12.6. The molecule has 4 rings (SSSR count). The number of nitrogens with one attached hydrogen (secondary N) is 2. The fraction of sp³-hybridized carbons (Fsp3) is 0.0476. The molecule has 32 heavy (non-hydrogen) atoms. The van der Waals surface area contributed by atoms with E-state index < -0.39 is 15.9 Å². The molecule has 0 aliphatic carbocycles. The number of aromatic nitrogens is 2. The first-order valence-corrected chi connectivity index (χ1v) is 10.7. The Morgan fingerprint density at radius 3 is 2.50 bits per heavy atom. The number of hydrogen-bond acceptors (Lipinski definition) is 8. The lowest BCUT2D eigenvalue weighted by Crippen LogP contribution is -2.16. The van der Waals surface area contributed by atoms with Crippen LogP contribution < -0.4 is 20.2 Å². The molecule has 0 fully saturated rings. The third-order valence-corrected chi connectivity index (χ3v) is 5.72. The molecule has 4 aromatic rings. The normalized spacial score (nSPS) is 11.2. The van der Waals surface area contributed by atoms with Crippen LogP contribution in [0.15, 0.2) is 81.1 Å². The summed E-state index contributed by atoms with van der Waals surface area (Å²) in [6.07, 6.45) is 2.69. The molecule has 0 saturated carbocycles. The molecule has 2 N–H and O–H groups in total. The highest BCUT2D eigenvalue weighted by atomic mass is 32.2. The summed E-state index contributed by atoms with van der Waals surface area (Å²) < 4.78 is 38.0. The second-order valence-electron chi connectivity index (χ2n) is 6.47. The van der Waals surface area contributed by atoms with Crippen molar-refractivity contribution in [1.29, 1.82) is 0 Å². The number of amides is 1. The third kappa shape index (κ3) is 4.27. The van der Waals surface area contributed by atoms with Gasteiger partial charge < -0.3 is 14.5 Å². The number of para-hydroxylation sites is 1.